The summed E-state index contributed by atoms with van der Waals surface area (Å²) in [5.74, 6) is 1.76. The summed E-state index contributed by atoms with van der Waals surface area (Å²) in [7, 11) is 2.26. The number of aryl methyl sites for hydroxylation is 1. The molecule has 12 rings (SSSR count). The molecule has 0 N–H and O–H groups in total. The maximum Gasteiger partial charge on any atom is 0.256 e. The van der Waals surface area contributed by atoms with Gasteiger partial charge < -0.3 is 24.0 Å². The maximum atomic E-state index is 7.48. The summed E-state index contributed by atoms with van der Waals surface area (Å²) in [4.78, 5) is 7.52. The van der Waals surface area contributed by atoms with E-state index in [1.54, 1.807) is 0 Å². The number of hydrogen-bond donors (Lipinski definition) is 0. The highest BCUT2D eigenvalue weighted by Gasteiger charge is 2.44. The van der Waals surface area contributed by atoms with Crippen molar-refractivity contribution in [3.63, 3.8) is 0 Å². The van der Waals surface area contributed by atoms with Crippen molar-refractivity contribution in [2.24, 2.45) is 7.05 Å². The van der Waals surface area contributed by atoms with Crippen molar-refractivity contribution in [3.8, 4) is 11.5 Å². The molecule has 0 spiro atoms. The van der Waals surface area contributed by atoms with Gasteiger partial charge in [-0.05, 0) is 167 Å². The van der Waals surface area contributed by atoms with Crippen LogP contribution in [0.5, 0.6) is 11.5 Å². The standard InChI is InChI=1S/C79H87BN4O/c1-74(2,3)50-24-34-56(35-25-50)82(57-36-26-51(27-37-57)75(4,5)6)60-48-68-72-70(49-60)85-69-45-33-55(79(16,17)18)47-63(69)80(72)62-46-54(78(13,14)15)32-42-65(62)84(68)66-43-44-67(73-71(66)61-22-20-21-23-64(61)81(73)19)83(58-38-28-52(29-39-58)76(7,8)9)59-40-30-53(31-41-59)77(10,11)12/h20-49H,1-19H3. The molecule has 0 unspecified atom stereocenters. The third kappa shape index (κ3) is 10.2. The van der Waals surface area contributed by atoms with Gasteiger partial charge in [0, 0.05) is 63.5 Å². The first-order valence-electron chi connectivity index (χ1n) is 30.8. The van der Waals surface area contributed by atoms with E-state index in [9.17, 15) is 0 Å². The smallest absolute Gasteiger partial charge is 0.256 e. The zero-order valence-electron chi connectivity index (χ0n) is 54.1. The summed E-state index contributed by atoms with van der Waals surface area (Å²) in [5.41, 5.74) is 23.4. The molecule has 6 heteroatoms. The zero-order valence-corrected chi connectivity index (χ0v) is 54.1. The van der Waals surface area contributed by atoms with Gasteiger partial charge in [0.1, 0.15) is 11.5 Å². The van der Waals surface area contributed by atoms with Crippen LogP contribution in [0, 0.1) is 0 Å². The summed E-state index contributed by atoms with van der Waals surface area (Å²) in [6.07, 6.45) is 0. The molecule has 3 heterocycles. The van der Waals surface area contributed by atoms with Crippen molar-refractivity contribution in [2.45, 2.75) is 157 Å². The number of hydrogen-bond acceptors (Lipinski definition) is 4. The minimum Gasteiger partial charge on any atom is -0.458 e. The molecule has 5 nitrogen and oxygen atoms in total. The van der Waals surface area contributed by atoms with E-state index in [1.165, 1.54) is 66.1 Å². The van der Waals surface area contributed by atoms with Gasteiger partial charge in [-0.25, -0.2) is 0 Å². The van der Waals surface area contributed by atoms with E-state index in [2.05, 4.69) is 333 Å². The van der Waals surface area contributed by atoms with Crippen LogP contribution in [0.2, 0.25) is 0 Å². The Bertz CT molecular complexity index is 4080. The van der Waals surface area contributed by atoms with Gasteiger partial charge in [-0.2, -0.15) is 0 Å². The lowest BCUT2D eigenvalue weighted by molar-refractivity contribution is 0.486. The van der Waals surface area contributed by atoms with Crippen molar-refractivity contribution in [2.75, 3.05) is 14.7 Å². The number of benzene rings is 9. The van der Waals surface area contributed by atoms with E-state index in [1.807, 2.05) is 0 Å². The molecule has 0 fully saturated rings. The van der Waals surface area contributed by atoms with Gasteiger partial charge in [0.05, 0.1) is 22.6 Å². The lowest BCUT2D eigenvalue weighted by Gasteiger charge is -2.42. The monoisotopic (exact) mass is 1120 g/mol. The van der Waals surface area contributed by atoms with Crippen LogP contribution in [-0.2, 0) is 39.5 Å². The van der Waals surface area contributed by atoms with Crippen LogP contribution >= 0.6 is 0 Å². The molecule has 10 aromatic rings. The van der Waals surface area contributed by atoms with Gasteiger partial charge in [-0.3, -0.25) is 0 Å². The molecule has 1 aromatic heterocycles. The SMILES string of the molecule is Cn1c2ccccc2c2c(N3c4ccc(C(C)(C)C)cc4B4c5cc(C(C)(C)C)ccc5Oc5cc(N(c6ccc(C(C)(C)C)cc6)c6ccc(C(C)(C)C)cc6)cc3c54)ccc(N(c3ccc(C(C)(C)C)cc3)c3ccc(C(C)(C)C)cc3)c21. The van der Waals surface area contributed by atoms with Gasteiger partial charge in [0.25, 0.3) is 6.71 Å². The van der Waals surface area contributed by atoms with Gasteiger partial charge in [0.2, 0.25) is 0 Å². The number of nitrogens with zero attached hydrogens (tertiary/aromatic N) is 4. The highest BCUT2D eigenvalue weighted by atomic mass is 16.5. The van der Waals surface area contributed by atoms with Gasteiger partial charge >= 0.3 is 0 Å². The molecular weight excluding hydrogens is 1030 g/mol. The lowest BCUT2D eigenvalue weighted by atomic mass is 9.33. The lowest BCUT2D eigenvalue weighted by Crippen LogP contribution is -2.60. The molecule has 0 aliphatic carbocycles. The summed E-state index contributed by atoms with van der Waals surface area (Å²) < 4.78 is 9.92. The van der Waals surface area contributed by atoms with Crippen LogP contribution < -0.4 is 35.8 Å². The first-order chi connectivity index (χ1) is 39.9. The van der Waals surface area contributed by atoms with Crippen LogP contribution in [0.15, 0.2) is 182 Å². The molecule has 85 heavy (non-hydrogen) atoms. The van der Waals surface area contributed by atoms with E-state index >= 15 is 0 Å². The number of rotatable bonds is 7. The third-order valence-electron chi connectivity index (χ3n) is 18.2. The Hall–Kier alpha value is -7.96. The summed E-state index contributed by atoms with van der Waals surface area (Å²) in [5, 5.41) is 2.38. The summed E-state index contributed by atoms with van der Waals surface area (Å²) in [6.45, 7) is 41.3. The summed E-state index contributed by atoms with van der Waals surface area (Å²) in [6, 6.07) is 69.8. The Balaban J connectivity index is 1.18. The second kappa shape index (κ2) is 20.1. The first kappa shape index (κ1) is 57.5. The predicted molar refractivity (Wildman–Crippen MR) is 368 cm³/mol. The van der Waals surface area contributed by atoms with Gasteiger partial charge in [-0.1, -0.05) is 216 Å². The van der Waals surface area contributed by atoms with Crippen LogP contribution in [0.25, 0.3) is 21.8 Å². The topological polar surface area (TPSA) is 23.9 Å². The number of anilines is 9. The number of aromatic nitrogens is 1. The molecule has 0 bridgehead atoms. The molecular formula is C79H87BN4O. The first-order valence-corrected chi connectivity index (χ1v) is 30.8. The Morgan fingerprint density at radius 3 is 1.24 bits per heavy atom. The number of ether oxygens (including phenoxy) is 1. The van der Waals surface area contributed by atoms with E-state index in [4.69, 9.17) is 4.74 Å². The largest absolute Gasteiger partial charge is 0.458 e. The maximum absolute atomic E-state index is 7.48. The number of fused-ring (bicyclic) bond motifs is 7. The van der Waals surface area contributed by atoms with Crippen LogP contribution in [0.1, 0.15) is 158 Å². The molecule has 9 aromatic carbocycles. The van der Waals surface area contributed by atoms with Crippen LogP contribution in [0.3, 0.4) is 0 Å². The molecule has 2 aliphatic rings. The van der Waals surface area contributed by atoms with E-state index in [0.29, 0.717) is 0 Å². The molecule has 0 atom stereocenters. The number of para-hydroxylation sites is 1. The highest BCUT2D eigenvalue weighted by molar-refractivity contribution is 6.99. The zero-order chi connectivity index (χ0) is 60.7. The second-order valence-electron chi connectivity index (χ2n) is 30.5. The van der Waals surface area contributed by atoms with Crippen molar-refractivity contribution >= 4 is 96.1 Å². The van der Waals surface area contributed by atoms with Crippen molar-refractivity contribution < 1.29 is 4.74 Å². The molecule has 0 amide bonds. The van der Waals surface area contributed by atoms with Gasteiger partial charge in [0.15, 0.2) is 0 Å². The van der Waals surface area contributed by atoms with E-state index in [0.717, 1.165) is 68.2 Å². The van der Waals surface area contributed by atoms with Crippen molar-refractivity contribution in [1.29, 1.82) is 0 Å². The second-order valence-corrected chi connectivity index (χ2v) is 30.5. The van der Waals surface area contributed by atoms with Crippen LogP contribution in [0.4, 0.5) is 51.2 Å². The molecule has 432 valence electrons. The van der Waals surface area contributed by atoms with Gasteiger partial charge in [-0.15, -0.1) is 0 Å². The fourth-order valence-corrected chi connectivity index (χ4v) is 13.0. The van der Waals surface area contributed by atoms with E-state index < -0.39 is 0 Å². The fraction of sp³-hybridized carbons (Fsp3) is 0.316. The predicted octanol–water partition coefficient (Wildman–Crippen LogP) is 20.5. The highest BCUT2D eigenvalue weighted by Crippen LogP contribution is 2.52. The fourth-order valence-electron chi connectivity index (χ4n) is 13.0. The minimum atomic E-state index is -0.117. The molecule has 0 saturated carbocycles. The Labute approximate surface area is 508 Å². The Morgan fingerprint density at radius 1 is 0.353 bits per heavy atom. The normalized spacial score (nSPS) is 13.6. The molecule has 0 saturated heterocycles. The molecule has 0 radical (unpaired) electrons. The average molecular weight is 1120 g/mol. The Kier molecular flexibility index (Phi) is 13.6. The minimum absolute atomic E-state index is 0.00313. The molecule has 2 aliphatic heterocycles. The van der Waals surface area contributed by atoms with Crippen LogP contribution in [-0.4, -0.2) is 11.3 Å². The van der Waals surface area contributed by atoms with E-state index in [-0.39, 0.29) is 39.2 Å². The summed E-state index contributed by atoms with van der Waals surface area (Å²) >= 11 is 0. The quantitative estimate of drug-likeness (QED) is 0.148. The van der Waals surface area contributed by atoms with Crippen molar-refractivity contribution in [1.82, 2.24) is 4.57 Å². The average Bonchev–Trinajstić information content (AvgIpc) is 1.76. The van der Waals surface area contributed by atoms with Crippen molar-refractivity contribution in [3.05, 3.63) is 215 Å². The third-order valence-corrected chi connectivity index (χ3v) is 18.2. The Morgan fingerprint density at radius 2 is 0.765 bits per heavy atom.